The summed E-state index contributed by atoms with van der Waals surface area (Å²) < 4.78 is 0. The molecule has 0 unspecified atom stereocenters. The van der Waals surface area contributed by atoms with Crippen LogP contribution in [0.15, 0.2) is 6.07 Å². The Labute approximate surface area is 121 Å². The normalized spacial score (nSPS) is 11.4. The Kier molecular flexibility index (Phi) is 6.42. The van der Waals surface area contributed by atoms with Crippen molar-refractivity contribution in [3.05, 3.63) is 11.9 Å². The molecule has 0 aromatic carbocycles. The topological polar surface area (TPSA) is 49.8 Å². The fourth-order valence-corrected chi connectivity index (χ4v) is 1.80. The molecule has 4 nitrogen and oxygen atoms in total. The Morgan fingerprint density at radius 2 is 1.68 bits per heavy atom. The van der Waals surface area contributed by atoms with E-state index < -0.39 is 0 Å². The van der Waals surface area contributed by atoms with Crippen LogP contribution in [0.4, 0.5) is 11.6 Å². The molecule has 0 atom stereocenters. The zero-order valence-electron chi connectivity index (χ0n) is 12.7. The molecule has 1 rings (SSSR count). The van der Waals surface area contributed by atoms with Gasteiger partial charge < -0.3 is 10.6 Å². The van der Waals surface area contributed by atoms with E-state index in [2.05, 4.69) is 54.6 Å². The van der Waals surface area contributed by atoms with Crippen LogP contribution >= 0.6 is 11.8 Å². The van der Waals surface area contributed by atoms with E-state index in [1.165, 1.54) is 0 Å². The van der Waals surface area contributed by atoms with Crippen LogP contribution in [0.2, 0.25) is 0 Å². The lowest BCUT2D eigenvalue weighted by Gasteiger charge is -2.19. The van der Waals surface area contributed by atoms with Gasteiger partial charge in [0.2, 0.25) is 0 Å². The molecule has 108 valence electrons. The molecule has 5 heteroatoms. The lowest BCUT2D eigenvalue weighted by molar-refractivity contribution is 0.546. The second-order valence-electron chi connectivity index (χ2n) is 5.56. The van der Waals surface area contributed by atoms with Gasteiger partial charge in [0.05, 0.1) is 0 Å². The first-order valence-corrected chi connectivity index (χ1v) is 8.23. The highest BCUT2D eigenvalue weighted by atomic mass is 32.2. The first-order valence-electron chi connectivity index (χ1n) is 6.83. The zero-order chi connectivity index (χ0) is 14.3. The summed E-state index contributed by atoms with van der Waals surface area (Å²) in [5, 5.41) is 6.70. The van der Waals surface area contributed by atoms with Gasteiger partial charge in [-0.25, -0.2) is 9.97 Å². The highest BCUT2D eigenvalue weighted by molar-refractivity contribution is 7.98. The van der Waals surface area contributed by atoms with Crippen LogP contribution in [0.5, 0.6) is 0 Å². The molecule has 0 aliphatic heterocycles. The molecule has 0 saturated carbocycles. The average molecular weight is 282 g/mol. The monoisotopic (exact) mass is 282 g/mol. The van der Waals surface area contributed by atoms with E-state index >= 15 is 0 Å². The van der Waals surface area contributed by atoms with E-state index in [9.17, 15) is 0 Å². The fourth-order valence-electron chi connectivity index (χ4n) is 1.50. The Balaban J connectivity index is 2.89. The summed E-state index contributed by atoms with van der Waals surface area (Å²) in [4.78, 5) is 9.22. The summed E-state index contributed by atoms with van der Waals surface area (Å²) in [6.45, 7) is 10.4. The molecule has 1 heterocycles. The van der Waals surface area contributed by atoms with Gasteiger partial charge in [-0.15, -0.1) is 0 Å². The molecule has 19 heavy (non-hydrogen) atoms. The zero-order valence-corrected chi connectivity index (χ0v) is 13.5. The first kappa shape index (κ1) is 16.1. The second kappa shape index (κ2) is 7.58. The minimum absolute atomic E-state index is 0.0418. The van der Waals surface area contributed by atoms with Crippen molar-refractivity contribution >= 4 is 23.4 Å². The summed E-state index contributed by atoms with van der Waals surface area (Å²) in [7, 11) is 0. The van der Waals surface area contributed by atoms with Gasteiger partial charge in [0, 0.05) is 30.3 Å². The average Bonchev–Trinajstić information content (AvgIpc) is 2.35. The number of rotatable bonds is 7. The first-order chi connectivity index (χ1) is 8.97. The predicted octanol–water partition coefficient (Wildman–Crippen LogP) is 3.37. The van der Waals surface area contributed by atoms with E-state index in [1.54, 1.807) is 0 Å². The highest BCUT2D eigenvalue weighted by Crippen LogP contribution is 2.22. The molecule has 0 fully saturated rings. The van der Waals surface area contributed by atoms with Crippen LogP contribution in [0.1, 0.15) is 39.9 Å². The van der Waals surface area contributed by atoms with Gasteiger partial charge in [0.1, 0.15) is 17.5 Å². The van der Waals surface area contributed by atoms with Crippen molar-refractivity contribution in [3.63, 3.8) is 0 Å². The van der Waals surface area contributed by atoms with Gasteiger partial charge in [0.15, 0.2) is 0 Å². The number of nitrogens with zero attached hydrogens (tertiary/aromatic N) is 2. The molecule has 0 spiro atoms. The van der Waals surface area contributed by atoms with Crippen molar-refractivity contribution in [2.24, 2.45) is 0 Å². The summed E-state index contributed by atoms with van der Waals surface area (Å²) in [6, 6.07) is 1.99. The van der Waals surface area contributed by atoms with E-state index in [0.29, 0.717) is 0 Å². The third-order valence-corrected chi connectivity index (χ3v) is 3.18. The van der Waals surface area contributed by atoms with Gasteiger partial charge in [0.25, 0.3) is 0 Å². The Morgan fingerprint density at radius 3 is 2.16 bits per heavy atom. The molecular weight excluding hydrogens is 256 g/mol. The second-order valence-corrected chi connectivity index (χ2v) is 6.54. The Morgan fingerprint density at radius 1 is 1.11 bits per heavy atom. The third kappa shape index (κ3) is 5.68. The number of hydrogen-bond donors (Lipinski definition) is 2. The molecule has 0 radical (unpaired) electrons. The van der Waals surface area contributed by atoms with Gasteiger partial charge >= 0.3 is 0 Å². The Bertz CT molecular complexity index is 388. The van der Waals surface area contributed by atoms with Crippen molar-refractivity contribution in [1.29, 1.82) is 0 Å². The molecule has 1 aromatic rings. The molecule has 0 saturated heterocycles. The van der Waals surface area contributed by atoms with Crippen molar-refractivity contribution in [3.8, 4) is 0 Å². The fraction of sp³-hybridized carbons (Fsp3) is 0.714. The van der Waals surface area contributed by atoms with Crippen LogP contribution in [0.3, 0.4) is 0 Å². The molecule has 0 aliphatic rings. The number of aromatic nitrogens is 2. The minimum atomic E-state index is -0.0418. The minimum Gasteiger partial charge on any atom is -0.370 e. The molecule has 1 aromatic heterocycles. The van der Waals surface area contributed by atoms with Crippen molar-refractivity contribution < 1.29 is 0 Å². The molecule has 0 bridgehead atoms. The lowest BCUT2D eigenvalue weighted by atomic mass is 9.96. The van der Waals surface area contributed by atoms with Gasteiger partial charge in [-0.2, -0.15) is 11.8 Å². The smallest absolute Gasteiger partial charge is 0.138 e. The third-order valence-electron chi connectivity index (χ3n) is 2.57. The number of thioether (sulfide) groups is 1. The lowest BCUT2D eigenvalue weighted by Crippen LogP contribution is -2.19. The van der Waals surface area contributed by atoms with Gasteiger partial charge in [-0.05, 0) is 12.7 Å². The maximum absolute atomic E-state index is 4.61. The Hall–Kier alpha value is -0.970. The van der Waals surface area contributed by atoms with Gasteiger partial charge in [-0.1, -0.05) is 27.7 Å². The number of hydrogen-bond acceptors (Lipinski definition) is 5. The van der Waals surface area contributed by atoms with Crippen molar-refractivity contribution in [1.82, 2.24) is 9.97 Å². The summed E-state index contributed by atoms with van der Waals surface area (Å²) in [5.41, 5.74) is -0.0418. The summed E-state index contributed by atoms with van der Waals surface area (Å²) >= 11 is 1.83. The van der Waals surface area contributed by atoms with E-state index in [-0.39, 0.29) is 5.41 Å². The molecular formula is C14H26N4S. The molecule has 2 N–H and O–H groups in total. The van der Waals surface area contributed by atoms with E-state index in [1.807, 2.05) is 17.8 Å². The maximum atomic E-state index is 4.61. The van der Waals surface area contributed by atoms with Crippen molar-refractivity contribution in [2.75, 3.05) is 35.7 Å². The quantitative estimate of drug-likeness (QED) is 0.751. The van der Waals surface area contributed by atoms with Crippen LogP contribution in [-0.2, 0) is 5.41 Å². The molecule has 0 amide bonds. The van der Waals surface area contributed by atoms with E-state index in [0.717, 1.165) is 42.7 Å². The SMILES string of the molecule is CCCNc1cc(NCCSC)nc(C(C)(C)C)n1. The van der Waals surface area contributed by atoms with Gasteiger partial charge in [-0.3, -0.25) is 0 Å². The van der Waals surface area contributed by atoms with E-state index in [4.69, 9.17) is 0 Å². The number of nitrogens with one attached hydrogen (secondary N) is 2. The summed E-state index contributed by atoms with van der Waals surface area (Å²) in [6.07, 6.45) is 3.20. The maximum Gasteiger partial charge on any atom is 0.138 e. The largest absolute Gasteiger partial charge is 0.370 e. The van der Waals surface area contributed by atoms with Crippen LogP contribution in [-0.4, -0.2) is 35.1 Å². The van der Waals surface area contributed by atoms with Crippen molar-refractivity contribution in [2.45, 2.75) is 39.5 Å². The highest BCUT2D eigenvalue weighted by Gasteiger charge is 2.19. The predicted molar refractivity (Wildman–Crippen MR) is 86.4 cm³/mol. The number of anilines is 2. The van der Waals surface area contributed by atoms with Crippen LogP contribution < -0.4 is 10.6 Å². The van der Waals surface area contributed by atoms with Crippen LogP contribution in [0.25, 0.3) is 0 Å². The molecule has 0 aliphatic carbocycles. The van der Waals surface area contributed by atoms with Crippen LogP contribution in [0, 0.1) is 0 Å². The summed E-state index contributed by atoms with van der Waals surface area (Å²) in [5.74, 6) is 3.77. The standard InChI is InChI=1S/C14H26N4S/c1-6-7-15-11-10-12(16-8-9-19-5)18-13(17-11)14(2,3)4/h10H,6-9H2,1-5H3,(H2,15,16,17,18).